The number of hydrogen-bond acceptors (Lipinski definition) is 3. The van der Waals surface area contributed by atoms with E-state index in [1.54, 1.807) is 39.0 Å². The molecule has 0 aromatic heterocycles. The summed E-state index contributed by atoms with van der Waals surface area (Å²) in [6.45, 7) is 5.77. The van der Waals surface area contributed by atoms with E-state index in [2.05, 4.69) is 5.32 Å². The molecule has 0 spiro atoms. The highest BCUT2D eigenvalue weighted by Crippen LogP contribution is 2.21. The molecule has 0 aliphatic carbocycles. The first-order valence-electron chi connectivity index (χ1n) is 5.30. The molecule has 0 bridgehead atoms. The summed E-state index contributed by atoms with van der Waals surface area (Å²) in [6.07, 6.45) is -0.505. The number of rotatable bonds is 2. The van der Waals surface area contributed by atoms with Crippen LogP contribution < -0.4 is 11.1 Å². The second-order valence-electron chi connectivity index (χ2n) is 4.64. The quantitative estimate of drug-likeness (QED) is 0.854. The molecule has 0 heterocycles. The fourth-order valence-electron chi connectivity index (χ4n) is 1.21. The zero-order chi connectivity index (χ0) is 13.1. The van der Waals surface area contributed by atoms with Gasteiger partial charge >= 0.3 is 6.09 Å². The van der Waals surface area contributed by atoms with Crippen molar-refractivity contribution in [3.8, 4) is 0 Å². The highest BCUT2D eigenvalue weighted by atomic mass is 35.5. The van der Waals surface area contributed by atoms with Crippen LogP contribution in [0.15, 0.2) is 18.2 Å². The first kappa shape index (κ1) is 13.8. The van der Waals surface area contributed by atoms with E-state index in [9.17, 15) is 4.79 Å². The van der Waals surface area contributed by atoms with Crippen LogP contribution >= 0.6 is 11.6 Å². The zero-order valence-corrected chi connectivity index (χ0v) is 11.0. The first-order valence-corrected chi connectivity index (χ1v) is 5.68. The lowest BCUT2D eigenvalue weighted by Gasteiger charge is -2.19. The van der Waals surface area contributed by atoms with Crippen molar-refractivity contribution in [2.75, 3.05) is 5.32 Å². The van der Waals surface area contributed by atoms with Crippen molar-refractivity contribution in [2.45, 2.75) is 32.9 Å². The standard InChI is InChI=1S/C12H17ClN2O2/c1-12(2,3)17-11(16)15-9-5-4-8(7-14)10(13)6-9/h4-6H,7,14H2,1-3H3,(H,15,16). The number of carbonyl (C=O) groups is 1. The number of carbonyl (C=O) groups excluding carboxylic acids is 1. The van der Waals surface area contributed by atoms with Gasteiger partial charge in [0.05, 0.1) is 0 Å². The van der Waals surface area contributed by atoms with Gasteiger partial charge in [-0.2, -0.15) is 0 Å². The van der Waals surface area contributed by atoms with Crippen LogP contribution in [0.5, 0.6) is 0 Å². The topological polar surface area (TPSA) is 64.3 Å². The van der Waals surface area contributed by atoms with Gasteiger partial charge in [-0.15, -0.1) is 0 Å². The van der Waals surface area contributed by atoms with E-state index in [1.807, 2.05) is 0 Å². The maximum Gasteiger partial charge on any atom is 0.412 e. The summed E-state index contributed by atoms with van der Waals surface area (Å²) in [5.74, 6) is 0. The molecule has 1 aromatic rings. The minimum atomic E-state index is -0.523. The molecule has 3 N–H and O–H groups in total. The number of benzene rings is 1. The third kappa shape index (κ3) is 4.63. The number of ether oxygens (including phenoxy) is 1. The van der Waals surface area contributed by atoms with Crippen molar-refractivity contribution in [1.82, 2.24) is 0 Å². The molecule has 1 amide bonds. The van der Waals surface area contributed by atoms with Gasteiger partial charge in [-0.25, -0.2) is 4.79 Å². The number of nitrogens with two attached hydrogens (primary N) is 1. The van der Waals surface area contributed by atoms with Gasteiger partial charge < -0.3 is 10.5 Å². The second-order valence-corrected chi connectivity index (χ2v) is 5.04. The van der Waals surface area contributed by atoms with Crippen molar-refractivity contribution in [3.05, 3.63) is 28.8 Å². The number of nitrogens with one attached hydrogen (secondary N) is 1. The Bertz CT molecular complexity index is 413. The molecule has 0 atom stereocenters. The summed E-state index contributed by atoms with van der Waals surface area (Å²) >= 11 is 5.97. The Morgan fingerprint density at radius 1 is 1.47 bits per heavy atom. The highest BCUT2D eigenvalue weighted by Gasteiger charge is 2.16. The largest absolute Gasteiger partial charge is 0.444 e. The average Bonchev–Trinajstić information content (AvgIpc) is 2.14. The molecule has 0 aliphatic heterocycles. The van der Waals surface area contributed by atoms with Crippen LogP contribution in [0.4, 0.5) is 10.5 Å². The van der Waals surface area contributed by atoms with Crippen LogP contribution in [0, 0.1) is 0 Å². The summed E-state index contributed by atoms with van der Waals surface area (Å²) < 4.78 is 5.12. The molecule has 94 valence electrons. The smallest absolute Gasteiger partial charge is 0.412 e. The Labute approximate surface area is 106 Å². The number of hydrogen-bond donors (Lipinski definition) is 2. The molecule has 0 saturated heterocycles. The van der Waals surface area contributed by atoms with E-state index in [-0.39, 0.29) is 0 Å². The fourth-order valence-corrected chi connectivity index (χ4v) is 1.47. The maximum atomic E-state index is 11.5. The molecular formula is C12H17ClN2O2. The van der Waals surface area contributed by atoms with Gasteiger partial charge in [-0.05, 0) is 38.5 Å². The first-order chi connectivity index (χ1) is 7.81. The predicted molar refractivity (Wildman–Crippen MR) is 69.2 cm³/mol. The average molecular weight is 257 g/mol. The maximum absolute atomic E-state index is 11.5. The van der Waals surface area contributed by atoms with Gasteiger partial charge in [0, 0.05) is 17.3 Å². The molecular weight excluding hydrogens is 240 g/mol. The van der Waals surface area contributed by atoms with E-state index >= 15 is 0 Å². The van der Waals surface area contributed by atoms with Gasteiger partial charge in [0.1, 0.15) is 5.60 Å². The Morgan fingerprint density at radius 2 is 2.12 bits per heavy atom. The van der Waals surface area contributed by atoms with E-state index in [1.165, 1.54) is 0 Å². The molecule has 0 radical (unpaired) electrons. The van der Waals surface area contributed by atoms with E-state index < -0.39 is 11.7 Å². The predicted octanol–water partition coefficient (Wildman–Crippen LogP) is 3.15. The lowest BCUT2D eigenvalue weighted by atomic mass is 10.2. The summed E-state index contributed by atoms with van der Waals surface area (Å²) in [5.41, 5.74) is 6.39. The Morgan fingerprint density at radius 3 is 2.59 bits per heavy atom. The van der Waals surface area contributed by atoms with Crippen LogP contribution in [-0.4, -0.2) is 11.7 Å². The van der Waals surface area contributed by atoms with Crippen LogP contribution in [-0.2, 0) is 11.3 Å². The number of anilines is 1. The van der Waals surface area contributed by atoms with Gasteiger partial charge in [0.25, 0.3) is 0 Å². The minimum absolute atomic E-state index is 0.367. The third-order valence-electron chi connectivity index (χ3n) is 1.92. The number of halogens is 1. The summed E-state index contributed by atoms with van der Waals surface area (Å²) in [5, 5.41) is 3.13. The van der Waals surface area contributed by atoms with Crippen molar-refractivity contribution in [1.29, 1.82) is 0 Å². The molecule has 1 rings (SSSR count). The third-order valence-corrected chi connectivity index (χ3v) is 2.27. The fraction of sp³-hybridized carbons (Fsp3) is 0.417. The molecule has 17 heavy (non-hydrogen) atoms. The lowest BCUT2D eigenvalue weighted by Crippen LogP contribution is -2.27. The van der Waals surface area contributed by atoms with Crippen LogP contribution in [0.3, 0.4) is 0 Å². The van der Waals surface area contributed by atoms with Crippen molar-refractivity contribution in [3.63, 3.8) is 0 Å². The van der Waals surface area contributed by atoms with Crippen molar-refractivity contribution in [2.24, 2.45) is 5.73 Å². The molecule has 0 fully saturated rings. The van der Waals surface area contributed by atoms with E-state index in [4.69, 9.17) is 22.1 Å². The number of amides is 1. The van der Waals surface area contributed by atoms with Gasteiger partial charge in [-0.3, -0.25) is 5.32 Å². The van der Waals surface area contributed by atoms with E-state index in [0.717, 1.165) is 5.56 Å². The van der Waals surface area contributed by atoms with Crippen LogP contribution in [0.25, 0.3) is 0 Å². The zero-order valence-electron chi connectivity index (χ0n) is 10.2. The molecule has 0 unspecified atom stereocenters. The normalized spacial score (nSPS) is 11.1. The summed E-state index contributed by atoms with van der Waals surface area (Å²) in [7, 11) is 0. The Kier molecular flexibility index (Phi) is 4.37. The summed E-state index contributed by atoms with van der Waals surface area (Å²) in [6, 6.07) is 5.15. The Balaban J connectivity index is 2.69. The monoisotopic (exact) mass is 256 g/mol. The minimum Gasteiger partial charge on any atom is -0.444 e. The van der Waals surface area contributed by atoms with Crippen molar-refractivity contribution < 1.29 is 9.53 Å². The van der Waals surface area contributed by atoms with E-state index in [0.29, 0.717) is 17.3 Å². The molecule has 0 aliphatic rings. The van der Waals surface area contributed by atoms with Gasteiger partial charge in [-0.1, -0.05) is 17.7 Å². The van der Waals surface area contributed by atoms with Crippen LogP contribution in [0.2, 0.25) is 5.02 Å². The second kappa shape index (κ2) is 5.38. The van der Waals surface area contributed by atoms with Gasteiger partial charge in [0.15, 0.2) is 0 Å². The lowest BCUT2D eigenvalue weighted by molar-refractivity contribution is 0.0636. The summed E-state index contributed by atoms with van der Waals surface area (Å²) in [4.78, 5) is 11.5. The molecule has 4 nitrogen and oxygen atoms in total. The molecule has 5 heteroatoms. The van der Waals surface area contributed by atoms with Crippen molar-refractivity contribution >= 4 is 23.4 Å². The van der Waals surface area contributed by atoms with Crippen LogP contribution in [0.1, 0.15) is 26.3 Å². The highest BCUT2D eigenvalue weighted by molar-refractivity contribution is 6.31. The SMILES string of the molecule is CC(C)(C)OC(=O)Nc1ccc(CN)c(Cl)c1. The molecule has 1 aromatic carbocycles. The molecule has 0 saturated carbocycles. The van der Waals surface area contributed by atoms with Gasteiger partial charge in [0.2, 0.25) is 0 Å². The Hall–Kier alpha value is -1.26.